The molecule has 0 heterocycles. The summed E-state index contributed by atoms with van der Waals surface area (Å²) in [6, 6.07) is 5.73. The lowest BCUT2D eigenvalue weighted by atomic mass is 10.1. The number of carbonyl (C=O) groups is 1. The number of sulfone groups is 1. The third kappa shape index (κ3) is 7.74. The van der Waals surface area contributed by atoms with E-state index >= 15 is 0 Å². The highest BCUT2D eigenvalue weighted by molar-refractivity contribution is 7.91. The number of hydrogen-bond acceptors (Lipinski definition) is 5. The largest absolute Gasteiger partial charge is 0.492 e. The van der Waals surface area contributed by atoms with Gasteiger partial charge in [-0.3, -0.25) is 4.79 Å². The second-order valence-electron chi connectivity index (χ2n) is 6.74. The third-order valence-electron chi connectivity index (χ3n) is 3.16. The summed E-state index contributed by atoms with van der Waals surface area (Å²) in [6.45, 7) is 8.38. The fourth-order valence-electron chi connectivity index (χ4n) is 2.12. The highest BCUT2D eigenvalue weighted by Crippen LogP contribution is 2.24. The quantitative estimate of drug-likeness (QED) is 0.459. The van der Waals surface area contributed by atoms with Gasteiger partial charge in [0.05, 0.1) is 28.3 Å². The molecule has 0 amide bonds. The molecule has 1 aromatic rings. The van der Waals surface area contributed by atoms with E-state index in [9.17, 15) is 17.6 Å². The lowest BCUT2D eigenvalue weighted by Crippen LogP contribution is -2.32. The zero-order valence-corrected chi connectivity index (χ0v) is 16.7. The minimum atomic E-state index is -3.83. The molecule has 0 bridgehead atoms. The van der Waals surface area contributed by atoms with Gasteiger partial charge in [0, 0.05) is 6.42 Å². The van der Waals surface area contributed by atoms with Crippen LogP contribution in [0.3, 0.4) is 0 Å². The van der Waals surface area contributed by atoms with E-state index in [4.69, 9.17) is 21.1 Å². The molecule has 0 aliphatic carbocycles. The van der Waals surface area contributed by atoms with Crippen molar-refractivity contribution in [1.29, 1.82) is 0 Å². The minimum absolute atomic E-state index is 0.00810. The molecule has 0 aromatic heterocycles. The highest BCUT2D eigenvalue weighted by Gasteiger charge is 2.31. The number of rotatable bonds is 9. The Kier molecular flexibility index (Phi) is 8.09. The molecule has 1 atom stereocenters. The summed E-state index contributed by atoms with van der Waals surface area (Å²) in [5.74, 6) is -2.52. The SMILES string of the molecule is C=C(F)C[C@H](CS(=O)(=O)c1ccc(OCCCl)cc1)C(=O)OC(C)(C)C. The maximum Gasteiger partial charge on any atom is 0.310 e. The van der Waals surface area contributed by atoms with Crippen molar-refractivity contribution in [3.05, 3.63) is 36.7 Å². The molecule has 0 radical (unpaired) electrons. The molecule has 0 spiro atoms. The summed E-state index contributed by atoms with van der Waals surface area (Å²) in [6.07, 6.45) is -0.412. The molecular weight excluding hydrogens is 383 g/mol. The van der Waals surface area contributed by atoms with Crippen LogP contribution < -0.4 is 4.74 Å². The van der Waals surface area contributed by atoms with Crippen molar-refractivity contribution in [2.45, 2.75) is 37.7 Å². The third-order valence-corrected chi connectivity index (χ3v) is 5.14. The van der Waals surface area contributed by atoms with E-state index < -0.39 is 45.3 Å². The lowest BCUT2D eigenvalue weighted by molar-refractivity contribution is -0.159. The summed E-state index contributed by atoms with van der Waals surface area (Å²) in [7, 11) is -3.83. The van der Waals surface area contributed by atoms with Crippen molar-refractivity contribution >= 4 is 27.4 Å². The molecule has 0 fully saturated rings. The second-order valence-corrected chi connectivity index (χ2v) is 9.15. The Balaban J connectivity index is 2.97. The molecule has 1 aromatic carbocycles. The molecule has 26 heavy (non-hydrogen) atoms. The van der Waals surface area contributed by atoms with Crippen LogP contribution in [0.25, 0.3) is 0 Å². The van der Waals surface area contributed by atoms with Gasteiger partial charge in [-0.1, -0.05) is 6.58 Å². The number of benzene rings is 1. The maximum absolute atomic E-state index is 13.3. The monoisotopic (exact) mass is 406 g/mol. The fourth-order valence-corrected chi connectivity index (χ4v) is 3.73. The van der Waals surface area contributed by atoms with Gasteiger partial charge in [-0.25, -0.2) is 12.8 Å². The number of allylic oxidation sites excluding steroid dienone is 1. The van der Waals surface area contributed by atoms with Gasteiger partial charge in [0.15, 0.2) is 9.84 Å². The molecule has 0 aliphatic rings. The van der Waals surface area contributed by atoms with Crippen LogP contribution >= 0.6 is 11.6 Å². The average Bonchev–Trinajstić information content (AvgIpc) is 2.50. The van der Waals surface area contributed by atoms with Crippen LogP contribution in [-0.2, 0) is 19.4 Å². The Morgan fingerprint density at radius 3 is 2.31 bits per heavy atom. The minimum Gasteiger partial charge on any atom is -0.492 e. The van der Waals surface area contributed by atoms with E-state index in [1.54, 1.807) is 20.8 Å². The van der Waals surface area contributed by atoms with Crippen molar-refractivity contribution < 1.29 is 27.1 Å². The van der Waals surface area contributed by atoms with E-state index in [-0.39, 0.29) is 4.90 Å². The molecule has 0 unspecified atom stereocenters. The fraction of sp³-hybridized carbons (Fsp3) is 0.500. The molecule has 5 nitrogen and oxygen atoms in total. The van der Waals surface area contributed by atoms with Gasteiger partial charge in [0.2, 0.25) is 0 Å². The standard InChI is InChI=1S/C18H24ClFO5S/c1-13(20)11-14(17(21)25-18(2,3)4)12-26(22,23)16-7-5-15(6-8-16)24-10-9-19/h5-8,14H,1,9-12H2,2-4H3/t14-/m1/s1. The zero-order chi connectivity index (χ0) is 20.0. The van der Waals surface area contributed by atoms with Crippen molar-refractivity contribution in [2.75, 3.05) is 18.2 Å². The van der Waals surface area contributed by atoms with Crippen LogP contribution in [0.2, 0.25) is 0 Å². The molecule has 0 N–H and O–H groups in total. The van der Waals surface area contributed by atoms with Crippen molar-refractivity contribution in [3.8, 4) is 5.75 Å². The number of esters is 1. The summed E-state index contributed by atoms with van der Waals surface area (Å²) in [4.78, 5) is 12.3. The number of hydrogen-bond donors (Lipinski definition) is 0. The second kappa shape index (κ2) is 9.37. The van der Waals surface area contributed by atoms with Crippen LogP contribution in [-0.4, -0.2) is 38.2 Å². The van der Waals surface area contributed by atoms with Gasteiger partial charge in [-0.15, -0.1) is 11.6 Å². The van der Waals surface area contributed by atoms with E-state index in [1.807, 2.05) is 0 Å². The number of halogens is 2. The first-order valence-electron chi connectivity index (χ1n) is 8.02. The van der Waals surface area contributed by atoms with Crippen LogP contribution in [0.5, 0.6) is 5.75 Å². The smallest absolute Gasteiger partial charge is 0.310 e. The first-order valence-corrected chi connectivity index (χ1v) is 10.2. The molecule has 0 aliphatic heterocycles. The van der Waals surface area contributed by atoms with E-state index in [0.717, 1.165) is 0 Å². The molecule has 0 saturated carbocycles. The molecule has 0 saturated heterocycles. The van der Waals surface area contributed by atoms with Gasteiger partial charge in [-0.2, -0.15) is 0 Å². The Labute approximate surface area is 159 Å². The van der Waals surface area contributed by atoms with E-state index in [1.165, 1.54) is 24.3 Å². The summed E-state index contributed by atoms with van der Waals surface area (Å²) in [5.41, 5.74) is -0.807. The van der Waals surface area contributed by atoms with Crippen molar-refractivity contribution in [2.24, 2.45) is 5.92 Å². The Morgan fingerprint density at radius 1 is 1.27 bits per heavy atom. The maximum atomic E-state index is 13.3. The van der Waals surface area contributed by atoms with Gasteiger partial charge < -0.3 is 9.47 Å². The van der Waals surface area contributed by atoms with Crippen molar-refractivity contribution in [1.82, 2.24) is 0 Å². The normalized spacial score (nSPS) is 13.1. The zero-order valence-electron chi connectivity index (χ0n) is 15.1. The van der Waals surface area contributed by atoms with Crippen LogP contribution in [0.1, 0.15) is 27.2 Å². The first-order chi connectivity index (χ1) is 11.9. The lowest BCUT2D eigenvalue weighted by Gasteiger charge is -2.23. The molecule has 146 valence electrons. The van der Waals surface area contributed by atoms with Gasteiger partial charge >= 0.3 is 5.97 Å². The van der Waals surface area contributed by atoms with Crippen LogP contribution in [0.15, 0.2) is 41.6 Å². The average molecular weight is 407 g/mol. The molecular formula is C18H24ClFO5S. The number of ether oxygens (including phenoxy) is 2. The summed E-state index contributed by atoms with van der Waals surface area (Å²) >= 11 is 5.53. The van der Waals surface area contributed by atoms with Gasteiger partial charge in [0.25, 0.3) is 0 Å². The highest BCUT2D eigenvalue weighted by atomic mass is 35.5. The van der Waals surface area contributed by atoms with Crippen LogP contribution in [0.4, 0.5) is 4.39 Å². The Morgan fingerprint density at radius 2 is 1.85 bits per heavy atom. The topological polar surface area (TPSA) is 69.7 Å². The number of alkyl halides is 1. The molecule has 1 rings (SSSR count). The van der Waals surface area contributed by atoms with Gasteiger partial charge in [-0.05, 0) is 45.0 Å². The van der Waals surface area contributed by atoms with Gasteiger partial charge in [0.1, 0.15) is 18.0 Å². The van der Waals surface area contributed by atoms with Crippen molar-refractivity contribution in [3.63, 3.8) is 0 Å². The summed E-state index contributed by atoms with van der Waals surface area (Å²) in [5, 5.41) is 0. The first kappa shape index (κ1) is 22.4. The predicted molar refractivity (Wildman–Crippen MR) is 98.9 cm³/mol. The molecule has 8 heteroatoms. The number of carbonyl (C=O) groups excluding carboxylic acids is 1. The Bertz CT molecular complexity index is 723. The Hall–Kier alpha value is -1.60. The predicted octanol–water partition coefficient (Wildman–Crippen LogP) is 3.91. The van der Waals surface area contributed by atoms with Crippen LogP contribution in [0, 0.1) is 5.92 Å². The van der Waals surface area contributed by atoms with E-state index in [2.05, 4.69) is 6.58 Å². The van der Waals surface area contributed by atoms with E-state index in [0.29, 0.717) is 18.2 Å². The summed E-state index contributed by atoms with van der Waals surface area (Å²) < 4.78 is 49.0.